The zero-order valence-electron chi connectivity index (χ0n) is 20.9. The molecule has 9 nitrogen and oxygen atoms in total. The van der Waals surface area contributed by atoms with Gasteiger partial charge in [-0.2, -0.15) is 0 Å². The van der Waals surface area contributed by atoms with Gasteiger partial charge in [-0.25, -0.2) is 4.39 Å². The van der Waals surface area contributed by atoms with Gasteiger partial charge in [-0.1, -0.05) is 12.1 Å². The lowest BCUT2D eigenvalue weighted by atomic mass is 9.84. The van der Waals surface area contributed by atoms with Gasteiger partial charge in [0.15, 0.2) is 11.5 Å². The van der Waals surface area contributed by atoms with Crippen molar-refractivity contribution in [3.05, 3.63) is 83.2 Å². The minimum atomic E-state index is -0.608. The van der Waals surface area contributed by atoms with Gasteiger partial charge in [0.05, 0.1) is 19.1 Å². The molecule has 6 rings (SSSR count). The van der Waals surface area contributed by atoms with Crippen LogP contribution in [0.5, 0.6) is 17.2 Å². The van der Waals surface area contributed by atoms with Gasteiger partial charge < -0.3 is 34.7 Å². The first kappa shape index (κ1) is 25.1. The van der Waals surface area contributed by atoms with E-state index in [0.717, 1.165) is 5.56 Å². The Balaban J connectivity index is 1.13. The first-order valence-electron chi connectivity index (χ1n) is 12.8. The van der Waals surface area contributed by atoms with Crippen LogP contribution in [0.25, 0.3) is 0 Å². The molecule has 0 unspecified atom stereocenters. The highest BCUT2D eigenvalue weighted by Gasteiger charge is 2.46. The van der Waals surface area contributed by atoms with Crippen molar-refractivity contribution in [2.24, 2.45) is 0 Å². The molecular weight excluding hydrogens is 507 g/mol. The number of aliphatic hydroxyl groups excluding tert-OH is 1. The van der Waals surface area contributed by atoms with E-state index in [4.69, 9.17) is 18.9 Å². The van der Waals surface area contributed by atoms with Crippen molar-refractivity contribution in [3.63, 3.8) is 0 Å². The highest BCUT2D eigenvalue weighted by atomic mass is 19.1. The fourth-order valence-corrected chi connectivity index (χ4v) is 5.33. The molecule has 1 saturated heterocycles. The van der Waals surface area contributed by atoms with E-state index in [2.05, 4.69) is 10.6 Å². The maximum atomic E-state index is 13.4. The van der Waals surface area contributed by atoms with E-state index in [0.29, 0.717) is 40.5 Å². The number of amides is 2. The normalized spacial score (nSPS) is 22.4. The van der Waals surface area contributed by atoms with Crippen LogP contribution < -0.4 is 24.8 Å². The number of hydrogen-bond acceptors (Lipinski definition) is 7. The van der Waals surface area contributed by atoms with Gasteiger partial charge in [0.25, 0.3) is 5.91 Å². The highest BCUT2D eigenvalue weighted by molar-refractivity contribution is 6.04. The molecule has 2 amide bonds. The van der Waals surface area contributed by atoms with E-state index in [1.54, 1.807) is 42.5 Å². The summed E-state index contributed by atoms with van der Waals surface area (Å²) in [6, 6.07) is 16.5. The molecule has 0 spiro atoms. The van der Waals surface area contributed by atoms with Crippen LogP contribution in [0, 0.1) is 5.82 Å². The Bertz CT molecular complexity index is 1410. The lowest BCUT2D eigenvalue weighted by Crippen LogP contribution is -2.47. The summed E-state index contributed by atoms with van der Waals surface area (Å²) in [5, 5.41) is 15.7. The van der Waals surface area contributed by atoms with Crippen LogP contribution in [0.1, 0.15) is 40.2 Å². The van der Waals surface area contributed by atoms with Crippen LogP contribution in [0.4, 0.5) is 10.1 Å². The van der Waals surface area contributed by atoms with Crippen molar-refractivity contribution < 1.29 is 38.0 Å². The summed E-state index contributed by atoms with van der Waals surface area (Å²) in [5.74, 6) is 0.762. The highest BCUT2D eigenvalue weighted by Crippen LogP contribution is 2.47. The molecule has 3 aromatic rings. The van der Waals surface area contributed by atoms with Gasteiger partial charge in [0.2, 0.25) is 12.7 Å². The number of aliphatic hydroxyl groups is 1. The number of anilines is 1. The Morgan fingerprint density at radius 3 is 2.69 bits per heavy atom. The second-order valence-electron chi connectivity index (χ2n) is 9.79. The van der Waals surface area contributed by atoms with Crippen LogP contribution >= 0.6 is 0 Å². The molecule has 3 N–H and O–H groups in total. The molecular formula is C29H27FN2O7. The number of fused-ring (bicyclic) bond motifs is 4. The van der Waals surface area contributed by atoms with Crippen LogP contribution in [-0.4, -0.2) is 48.6 Å². The van der Waals surface area contributed by atoms with E-state index in [9.17, 15) is 19.1 Å². The number of halogens is 1. The van der Waals surface area contributed by atoms with Gasteiger partial charge in [0, 0.05) is 29.3 Å². The van der Waals surface area contributed by atoms with Gasteiger partial charge in [-0.05, 0) is 60.5 Å². The first-order chi connectivity index (χ1) is 19.0. The molecule has 3 aliphatic heterocycles. The molecule has 0 radical (unpaired) electrons. The number of carbonyl (C=O) groups is 2. The van der Waals surface area contributed by atoms with Gasteiger partial charge in [0.1, 0.15) is 23.8 Å². The summed E-state index contributed by atoms with van der Waals surface area (Å²) in [7, 11) is 0. The molecule has 10 heteroatoms. The number of rotatable bonds is 7. The minimum Gasteiger partial charge on any atom is -0.487 e. The molecule has 1 fully saturated rings. The maximum Gasteiger partial charge on any atom is 0.255 e. The van der Waals surface area contributed by atoms with Crippen LogP contribution in [0.3, 0.4) is 0 Å². The molecule has 3 aliphatic rings. The van der Waals surface area contributed by atoms with Crippen molar-refractivity contribution in [2.45, 2.75) is 43.6 Å². The average Bonchev–Trinajstić information content (AvgIpc) is 3.55. The van der Waals surface area contributed by atoms with Crippen molar-refractivity contribution in [3.8, 4) is 17.2 Å². The topological polar surface area (TPSA) is 115 Å². The zero-order valence-corrected chi connectivity index (χ0v) is 20.9. The van der Waals surface area contributed by atoms with E-state index in [1.165, 1.54) is 12.1 Å². The van der Waals surface area contributed by atoms with E-state index in [1.807, 2.05) is 6.07 Å². The van der Waals surface area contributed by atoms with E-state index >= 15 is 0 Å². The summed E-state index contributed by atoms with van der Waals surface area (Å²) >= 11 is 0. The molecule has 202 valence electrons. The Hall–Kier alpha value is -4.15. The smallest absolute Gasteiger partial charge is 0.255 e. The summed E-state index contributed by atoms with van der Waals surface area (Å²) in [6.45, 7) is 0.0729. The fourth-order valence-electron chi connectivity index (χ4n) is 5.33. The molecule has 0 bridgehead atoms. The Morgan fingerprint density at radius 2 is 1.85 bits per heavy atom. The summed E-state index contributed by atoms with van der Waals surface area (Å²) in [6.07, 6.45) is -0.871. The monoisotopic (exact) mass is 534 g/mol. The second kappa shape index (κ2) is 10.5. The van der Waals surface area contributed by atoms with Crippen LogP contribution in [-0.2, 0) is 16.1 Å². The third-order valence-corrected chi connectivity index (χ3v) is 7.18. The number of ether oxygens (including phenoxy) is 4. The molecule has 3 heterocycles. The maximum absolute atomic E-state index is 13.4. The van der Waals surface area contributed by atoms with Crippen molar-refractivity contribution >= 4 is 17.5 Å². The zero-order chi connectivity index (χ0) is 26.9. The second-order valence-corrected chi connectivity index (χ2v) is 9.79. The molecule has 0 saturated carbocycles. The summed E-state index contributed by atoms with van der Waals surface area (Å²) < 4.78 is 36.2. The van der Waals surface area contributed by atoms with E-state index in [-0.39, 0.29) is 49.9 Å². The average molecular weight is 535 g/mol. The number of nitrogens with one attached hydrogen (secondary N) is 2. The molecule has 3 aromatic carbocycles. The molecule has 39 heavy (non-hydrogen) atoms. The fraction of sp³-hybridized carbons (Fsp3) is 0.310. The first-order valence-corrected chi connectivity index (χ1v) is 12.8. The van der Waals surface area contributed by atoms with Gasteiger partial charge in [-0.15, -0.1) is 0 Å². The van der Waals surface area contributed by atoms with Gasteiger partial charge in [-0.3, -0.25) is 9.59 Å². The molecule has 0 aliphatic carbocycles. The Kier molecular flexibility index (Phi) is 6.80. The standard InChI is InChI=1S/C29H27FN2O7/c30-18-3-1-2-16(8-18)13-31-27(34)12-20-11-22-21-10-19(5-7-23(21)39-28(22)26(14-33)38-20)32-29(35)17-4-6-24-25(9-17)37-15-36-24/h1-10,20,22,26,28,33H,11-15H2,(H,31,34)(H,32,35)/t20-,22+,26-,28-/m0/s1. The summed E-state index contributed by atoms with van der Waals surface area (Å²) in [4.78, 5) is 25.5. The Labute approximate surface area is 223 Å². The number of benzene rings is 3. The van der Waals surface area contributed by atoms with Crippen molar-refractivity contribution in [2.75, 3.05) is 18.7 Å². The third-order valence-electron chi connectivity index (χ3n) is 7.18. The third kappa shape index (κ3) is 5.25. The summed E-state index contributed by atoms with van der Waals surface area (Å²) in [5.41, 5.74) is 2.58. The number of carbonyl (C=O) groups excluding carboxylic acids is 2. The largest absolute Gasteiger partial charge is 0.487 e. The molecule has 0 aromatic heterocycles. The minimum absolute atomic E-state index is 0.0882. The number of hydrogen-bond donors (Lipinski definition) is 3. The predicted molar refractivity (Wildman–Crippen MR) is 137 cm³/mol. The van der Waals surface area contributed by atoms with Crippen LogP contribution in [0.15, 0.2) is 60.7 Å². The van der Waals surface area contributed by atoms with Crippen LogP contribution in [0.2, 0.25) is 0 Å². The SMILES string of the molecule is O=C(C[C@@H]1C[C@@H]2c3cc(NC(=O)c4ccc5c(c4)OCO5)ccc3O[C@@H]2[C@H](CO)O1)NCc1cccc(F)c1. The lowest BCUT2D eigenvalue weighted by molar-refractivity contribution is -0.142. The predicted octanol–water partition coefficient (Wildman–Crippen LogP) is 3.51. The quantitative estimate of drug-likeness (QED) is 0.425. The van der Waals surface area contributed by atoms with Gasteiger partial charge >= 0.3 is 0 Å². The lowest BCUT2D eigenvalue weighted by Gasteiger charge is -2.37. The van der Waals surface area contributed by atoms with Crippen molar-refractivity contribution in [1.29, 1.82) is 0 Å². The molecule has 4 atom stereocenters. The van der Waals surface area contributed by atoms with Crippen molar-refractivity contribution in [1.82, 2.24) is 5.32 Å². The van der Waals surface area contributed by atoms with E-state index < -0.39 is 18.3 Å². The Morgan fingerprint density at radius 1 is 1.00 bits per heavy atom.